The molecule has 1 aromatic heterocycles. The number of phenolic OH excluding ortho intramolecular Hbond substituents is 4. The summed E-state index contributed by atoms with van der Waals surface area (Å²) in [7, 11) is 0. The summed E-state index contributed by atoms with van der Waals surface area (Å²) in [6.07, 6.45) is -15.5. The molecule has 5 rings (SSSR count). The van der Waals surface area contributed by atoms with Gasteiger partial charge in [0.25, 0.3) is 0 Å². The van der Waals surface area contributed by atoms with E-state index in [1.165, 1.54) is 31.2 Å². The first-order valence-electron chi connectivity index (χ1n) is 12.9. The second-order valence-corrected chi connectivity index (χ2v) is 10.1. The highest BCUT2D eigenvalue weighted by Crippen LogP contribution is 2.42. The Morgan fingerprint density at radius 2 is 1.48 bits per heavy atom. The predicted molar refractivity (Wildman–Crippen MR) is 138 cm³/mol. The minimum Gasteiger partial charge on any atom is -0.507 e. The number of phenols is 4. The Morgan fingerprint density at radius 3 is 2.17 bits per heavy atom. The first kappa shape index (κ1) is 30.0. The summed E-state index contributed by atoms with van der Waals surface area (Å²) in [6.45, 7) is 0.657. The molecule has 10 atom stereocenters. The van der Waals surface area contributed by atoms with Crippen LogP contribution in [0.5, 0.6) is 28.7 Å². The predicted octanol–water partition coefficient (Wildman–Crippen LogP) is -0.766. The molecular weight excluding hydrogens is 564 g/mol. The lowest BCUT2D eigenvalue weighted by molar-refractivity contribution is -0.349. The largest absolute Gasteiger partial charge is 0.507 e. The van der Waals surface area contributed by atoms with Crippen molar-refractivity contribution in [2.75, 3.05) is 6.61 Å². The molecule has 0 aliphatic carbocycles. The Labute approximate surface area is 237 Å². The Bertz CT molecular complexity index is 1430. The monoisotopic (exact) mass is 595 g/mol. The number of rotatable bonds is 6. The van der Waals surface area contributed by atoms with E-state index in [4.69, 9.17) is 23.4 Å². The highest BCUT2D eigenvalue weighted by atomic mass is 16.7. The molecule has 2 aliphatic heterocycles. The van der Waals surface area contributed by atoms with Gasteiger partial charge >= 0.3 is 11.3 Å². The smallest absolute Gasteiger partial charge is 0.402 e. The molecule has 2 saturated heterocycles. The molecule has 3 aromatic rings. The summed E-state index contributed by atoms with van der Waals surface area (Å²) in [6, 6.07) is 7.22. The van der Waals surface area contributed by atoms with E-state index < -0.39 is 85.3 Å². The molecule has 15 nitrogen and oxygen atoms in total. The van der Waals surface area contributed by atoms with Crippen molar-refractivity contribution < 1.29 is 74.4 Å². The maximum atomic E-state index is 10.9. The fourth-order valence-corrected chi connectivity index (χ4v) is 4.86. The van der Waals surface area contributed by atoms with Crippen LogP contribution < -0.4 is 4.74 Å². The fraction of sp³-hybridized carbons (Fsp3) is 0.444. The van der Waals surface area contributed by atoms with Crippen molar-refractivity contribution in [2.45, 2.75) is 68.3 Å². The third-order valence-corrected chi connectivity index (χ3v) is 7.22. The second kappa shape index (κ2) is 11.6. The van der Waals surface area contributed by atoms with Crippen LogP contribution in [-0.2, 0) is 14.2 Å². The molecule has 0 bridgehead atoms. The van der Waals surface area contributed by atoms with E-state index >= 15 is 0 Å². The van der Waals surface area contributed by atoms with Crippen molar-refractivity contribution in [3.63, 3.8) is 0 Å². The van der Waals surface area contributed by atoms with Gasteiger partial charge in [-0.3, -0.25) is 0 Å². The summed E-state index contributed by atoms with van der Waals surface area (Å²) in [4.78, 5) is 0. The molecule has 3 heterocycles. The van der Waals surface area contributed by atoms with Crippen LogP contribution in [0.4, 0.5) is 0 Å². The number of fused-ring (bicyclic) bond motifs is 1. The van der Waals surface area contributed by atoms with Gasteiger partial charge in [-0.05, 0) is 19.1 Å². The van der Waals surface area contributed by atoms with Gasteiger partial charge < -0.3 is 70.0 Å². The van der Waals surface area contributed by atoms with E-state index in [1.807, 2.05) is 0 Å². The number of ether oxygens (including phenoxy) is 4. The zero-order valence-electron chi connectivity index (χ0n) is 22.0. The van der Waals surface area contributed by atoms with Crippen molar-refractivity contribution in [3.8, 4) is 40.1 Å². The van der Waals surface area contributed by atoms with Gasteiger partial charge in [0.1, 0.15) is 59.6 Å². The van der Waals surface area contributed by atoms with E-state index in [0.717, 1.165) is 12.1 Å². The molecule has 42 heavy (non-hydrogen) atoms. The summed E-state index contributed by atoms with van der Waals surface area (Å²) in [5.41, 5.74) is 0.163. The van der Waals surface area contributed by atoms with Crippen LogP contribution in [-0.4, -0.2) is 119 Å². The zero-order chi connectivity index (χ0) is 30.5. The second-order valence-electron chi connectivity index (χ2n) is 10.1. The lowest BCUT2D eigenvalue weighted by atomic mass is 9.97. The van der Waals surface area contributed by atoms with Crippen LogP contribution in [0.3, 0.4) is 0 Å². The summed E-state index contributed by atoms with van der Waals surface area (Å²) in [5, 5.41) is 102. The average Bonchev–Trinajstić information content (AvgIpc) is 2.95. The number of benzene rings is 2. The molecular formula is C27H31O15+. The molecule has 0 saturated carbocycles. The van der Waals surface area contributed by atoms with Gasteiger partial charge in [-0.1, -0.05) is 0 Å². The van der Waals surface area contributed by atoms with Crippen molar-refractivity contribution >= 4 is 11.0 Å². The number of aromatic hydroxyl groups is 4. The van der Waals surface area contributed by atoms with Gasteiger partial charge in [-0.25, -0.2) is 4.42 Å². The SMILES string of the molecule is C[C@@H]1O[C@@H](O[C@@H]2[C@H](O)[C@@H](O)[C@H](Oc3cc4c(O)cc(O)cc4[o+]c3-c3ccc(O)c(O)c3)O[C@@H]2CO)[C@H](O)[C@H](O)[C@H]1O. The van der Waals surface area contributed by atoms with Crippen molar-refractivity contribution in [3.05, 3.63) is 36.4 Å². The maximum absolute atomic E-state index is 10.9. The number of aliphatic hydroxyl groups excluding tert-OH is 6. The Morgan fingerprint density at radius 1 is 0.762 bits per heavy atom. The van der Waals surface area contributed by atoms with Crippen LogP contribution >= 0.6 is 0 Å². The number of hydrogen-bond donors (Lipinski definition) is 10. The average molecular weight is 596 g/mol. The minimum absolute atomic E-state index is 0.00170. The van der Waals surface area contributed by atoms with E-state index in [2.05, 4.69) is 0 Å². The van der Waals surface area contributed by atoms with E-state index in [-0.39, 0.29) is 33.8 Å². The lowest BCUT2D eigenvalue weighted by Gasteiger charge is -2.45. The quantitative estimate of drug-likeness (QED) is 0.124. The van der Waals surface area contributed by atoms with Crippen LogP contribution in [0.15, 0.2) is 40.8 Å². The molecule has 0 unspecified atom stereocenters. The molecule has 0 amide bonds. The molecule has 2 aromatic carbocycles. The van der Waals surface area contributed by atoms with Crippen LogP contribution in [0.1, 0.15) is 6.92 Å². The van der Waals surface area contributed by atoms with Gasteiger partial charge in [0.15, 0.2) is 17.8 Å². The van der Waals surface area contributed by atoms with Gasteiger partial charge in [0, 0.05) is 18.2 Å². The van der Waals surface area contributed by atoms with Gasteiger partial charge in [-0.15, -0.1) is 0 Å². The highest BCUT2D eigenvalue weighted by molar-refractivity contribution is 5.88. The molecule has 0 radical (unpaired) electrons. The van der Waals surface area contributed by atoms with E-state index in [1.54, 1.807) is 0 Å². The third-order valence-electron chi connectivity index (χ3n) is 7.22. The Kier molecular flexibility index (Phi) is 8.30. The molecule has 2 fully saturated rings. The summed E-state index contributed by atoms with van der Waals surface area (Å²) in [5.74, 6) is -1.92. The van der Waals surface area contributed by atoms with Crippen LogP contribution in [0, 0.1) is 0 Å². The fourth-order valence-electron chi connectivity index (χ4n) is 4.86. The minimum atomic E-state index is -1.85. The standard InChI is InChI=1S/C27H30O15/c1-9-19(33)20(34)22(36)26(38-9)42-25-18(8-28)41-27(23(37)21(25)35)40-17-7-12-14(31)5-11(29)6-16(12)39-24(17)10-2-3-13(30)15(32)4-10/h2-7,9,18-23,25-28,33-37H,8H2,1H3,(H3-,29,30,31,32)/p+1/t9-,18+,19-,20+,21+,22+,23+,25-,26-,27+/m0/s1. The summed E-state index contributed by atoms with van der Waals surface area (Å²) >= 11 is 0. The summed E-state index contributed by atoms with van der Waals surface area (Å²) < 4.78 is 28.4. The van der Waals surface area contributed by atoms with Crippen molar-refractivity contribution in [2.24, 2.45) is 0 Å². The third kappa shape index (κ3) is 5.49. The Balaban J connectivity index is 1.46. The van der Waals surface area contributed by atoms with Crippen LogP contribution in [0.25, 0.3) is 22.3 Å². The first-order chi connectivity index (χ1) is 19.9. The normalized spacial score (nSPS) is 33.5. The Hall–Kier alpha value is -3.51. The van der Waals surface area contributed by atoms with Gasteiger partial charge in [0.05, 0.1) is 24.3 Å². The van der Waals surface area contributed by atoms with Crippen molar-refractivity contribution in [1.82, 2.24) is 0 Å². The zero-order valence-corrected chi connectivity index (χ0v) is 22.0. The van der Waals surface area contributed by atoms with Crippen molar-refractivity contribution in [1.29, 1.82) is 0 Å². The first-order valence-corrected chi connectivity index (χ1v) is 12.9. The van der Waals surface area contributed by atoms with E-state index in [9.17, 15) is 51.1 Å². The lowest BCUT2D eigenvalue weighted by Crippen LogP contribution is -2.64. The molecule has 2 aliphatic rings. The van der Waals surface area contributed by atoms with E-state index in [0.29, 0.717) is 0 Å². The number of hydrogen-bond acceptors (Lipinski definition) is 14. The molecule has 10 N–H and O–H groups in total. The van der Waals surface area contributed by atoms with Gasteiger partial charge in [0.2, 0.25) is 12.0 Å². The van der Waals surface area contributed by atoms with Gasteiger partial charge in [-0.2, -0.15) is 0 Å². The number of aliphatic hydroxyl groups is 6. The van der Waals surface area contributed by atoms with Crippen LogP contribution in [0.2, 0.25) is 0 Å². The molecule has 228 valence electrons. The molecule has 15 heteroatoms. The molecule has 0 spiro atoms. The topological polar surface area (TPSA) is 251 Å². The maximum Gasteiger partial charge on any atom is 0.402 e. The highest BCUT2D eigenvalue weighted by Gasteiger charge is 2.51.